The first-order valence-electron chi connectivity index (χ1n) is 8.37. The zero-order valence-electron chi connectivity index (χ0n) is 13.9. The highest BCUT2D eigenvalue weighted by molar-refractivity contribution is 5.90. The number of nitrogens with one attached hydrogen (secondary N) is 1. The van der Waals surface area contributed by atoms with E-state index in [1.54, 1.807) is 35.2 Å². The van der Waals surface area contributed by atoms with Gasteiger partial charge in [-0.25, -0.2) is 13.6 Å². The normalized spacial score (nSPS) is 16.2. The maximum absolute atomic E-state index is 14.5. The van der Waals surface area contributed by atoms with Crippen molar-refractivity contribution in [3.8, 4) is 0 Å². The van der Waals surface area contributed by atoms with E-state index >= 15 is 0 Å². The predicted molar refractivity (Wildman–Crippen MR) is 94.8 cm³/mol. The summed E-state index contributed by atoms with van der Waals surface area (Å²) in [6.07, 6.45) is 1.91. The molecule has 0 spiro atoms. The van der Waals surface area contributed by atoms with Crippen LogP contribution in [0.5, 0.6) is 0 Å². The van der Waals surface area contributed by atoms with Crippen LogP contribution in [0.2, 0.25) is 0 Å². The first kappa shape index (κ1) is 16.3. The average Bonchev–Trinajstić information content (AvgIpc) is 3.12. The zero-order valence-corrected chi connectivity index (χ0v) is 13.9. The standard InChI is InChI=1S/C20H17F2N3O/c21-15-7-2-1-6-14(15)19-18-10-5-11-24(18)12-13-25(19)20(26)23-17-9-4-3-8-16(17)22/h1-11,19H,12-13H2,(H,23,26)/t19-/m0/s1. The number of aromatic nitrogens is 1. The number of hydrogen-bond acceptors (Lipinski definition) is 1. The number of urea groups is 1. The van der Waals surface area contributed by atoms with E-state index < -0.39 is 17.9 Å². The summed E-state index contributed by atoms with van der Waals surface area (Å²) in [6.45, 7) is 0.985. The van der Waals surface area contributed by atoms with Gasteiger partial charge in [-0.3, -0.25) is 0 Å². The van der Waals surface area contributed by atoms with Crippen LogP contribution in [0, 0.1) is 11.6 Å². The molecule has 1 aliphatic heterocycles. The average molecular weight is 353 g/mol. The van der Waals surface area contributed by atoms with Gasteiger partial charge in [0.2, 0.25) is 0 Å². The lowest BCUT2D eigenvalue weighted by atomic mass is 9.99. The fourth-order valence-corrected chi connectivity index (χ4v) is 3.38. The molecule has 0 aliphatic carbocycles. The van der Waals surface area contributed by atoms with Gasteiger partial charge in [0.05, 0.1) is 5.69 Å². The van der Waals surface area contributed by atoms with Gasteiger partial charge >= 0.3 is 6.03 Å². The number of carbonyl (C=O) groups excluding carboxylic acids is 1. The van der Waals surface area contributed by atoms with Gasteiger partial charge in [0, 0.05) is 30.5 Å². The Bertz CT molecular complexity index is 953. The third kappa shape index (κ3) is 2.83. The van der Waals surface area contributed by atoms with Crippen LogP contribution >= 0.6 is 0 Å². The highest BCUT2D eigenvalue weighted by Crippen LogP contribution is 2.34. The second kappa shape index (κ2) is 6.63. The summed E-state index contributed by atoms with van der Waals surface area (Å²) in [5, 5.41) is 2.60. The molecule has 4 rings (SSSR count). The van der Waals surface area contributed by atoms with Gasteiger partial charge in [-0.05, 0) is 30.3 Å². The first-order valence-corrected chi connectivity index (χ1v) is 8.37. The van der Waals surface area contributed by atoms with Crippen LogP contribution in [0.3, 0.4) is 0 Å². The van der Waals surface area contributed by atoms with E-state index in [0.717, 1.165) is 5.69 Å². The summed E-state index contributed by atoms with van der Waals surface area (Å²) in [7, 11) is 0. The molecule has 0 saturated carbocycles. The Morgan fingerprint density at radius 3 is 2.42 bits per heavy atom. The van der Waals surface area contributed by atoms with Crippen LogP contribution in [0.1, 0.15) is 17.3 Å². The molecule has 4 nitrogen and oxygen atoms in total. The summed E-state index contributed by atoms with van der Waals surface area (Å²) in [5.74, 6) is -0.889. The topological polar surface area (TPSA) is 37.3 Å². The quantitative estimate of drug-likeness (QED) is 0.728. The molecular weight excluding hydrogens is 336 g/mol. The number of amides is 2. The van der Waals surface area contributed by atoms with E-state index in [1.165, 1.54) is 18.2 Å². The molecule has 0 unspecified atom stereocenters. The molecule has 26 heavy (non-hydrogen) atoms. The van der Waals surface area contributed by atoms with Crippen molar-refractivity contribution in [2.45, 2.75) is 12.6 Å². The van der Waals surface area contributed by atoms with Gasteiger partial charge in [0.15, 0.2) is 0 Å². The highest BCUT2D eigenvalue weighted by atomic mass is 19.1. The predicted octanol–water partition coefficient (Wildman–Crippen LogP) is 4.40. The molecule has 132 valence electrons. The second-order valence-corrected chi connectivity index (χ2v) is 6.15. The van der Waals surface area contributed by atoms with Crippen LogP contribution in [0.4, 0.5) is 19.3 Å². The maximum atomic E-state index is 14.5. The highest BCUT2D eigenvalue weighted by Gasteiger charge is 2.33. The molecule has 6 heteroatoms. The fourth-order valence-electron chi connectivity index (χ4n) is 3.38. The lowest BCUT2D eigenvalue weighted by molar-refractivity contribution is 0.180. The molecule has 1 N–H and O–H groups in total. The summed E-state index contributed by atoms with van der Waals surface area (Å²) >= 11 is 0. The molecule has 0 saturated heterocycles. The van der Waals surface area contributed by atoms with Crippen LogP contribution in [-0.2, 0) is 6.54 Å². The van der Waals surface area contributed by atoms with Gasteiger partial charge in [-0.1, -0.05) is 30.3 Å². The van der Waals surface area contributed by atoms with Gasteiger partial charge in [-0.15, -0.1) is 0 Å². The van der Waals surface area contributed by atoms with Crippen molar-refractivity contribution < 1.29 is 13.6 Å². The van der Waals surface area contributed by atoms with Crippen molar-refractivity contribution >= 4 is 11.7 Å². The van der Waals surface area contributed by atoms with E-state index in [4.69, 9.17) is 0 Å². The number of benzene rings is 2. The maximum Gasteiger partial charge on any atom is 0.322 e. The van der Waals surface area contributed by atoms with E-state index in [2.05, 4.69) is 5.32 Å². The fraction of sp³-hybridized carbons (Fsp3) is 0.150. The Hall–Kier alpha value is -3.15. The Kier molecular flexibility index (Phi) is 4.16. The number of hydrogen-bond donors (Lipinski definition) is 1. The van der Waals surface area contributed by atoms with Gasteiger partial charge in [-0.2, -0.15) is 0 Å². The molecule has 1 atom stereocenters. The molecule has 2 heterocycles. The summed E-state index contributed by atoms with van der Waals surface area (Å²) < 4.78 is 30.4. The molecule has 1 aliphatic rings. The number of rotatable bonds is 2. The monoisotopic (exact) mass is 353 g/mol. The van der Waals surface area contributed by atoms with Crippen molar-refractivity contribution in [1.82, 2.24) is 9.47 Å². The minimum atomic E-state index is -0.577. The molecule has 1 aromatic heterocycles. The van der Waals surface area contributed by atoms with E-state index in [9.17, 15) is 13.6 Å². The Morgan fingerprint density at radius 1 is 0.923 bits per heavy atom. The number of carbonyl (C=O) groups is 1. The molecular formula is C20H17F2N3O. The van der Waals surface area contributed by atoms with Crippen molar-refractivity contribution in [2.75, 3.05) is 11.9 Å². The molecule has 0 radical (unpaired) electrons. The number of nitrogens with zero attached hydrogens (tertiary/aromatic N) is 2. The van der Waals surface area contributed by atoms with Crippen molar-refractivity contribution in [3.63, 3.8) is 0 Å². The minimum Gasteiger partial charge on any atom is -0.348 e. The summed E-state index contributed by atoms with van der Waals surface area (Å²) in [5.41, 5.74) is 1.34. The largest absolute Gasteiger partial charge is 0.348 e. The van der Waals surface area contributed by atoms with E-state index in [0.29, 0.717) is 18.7 Å². The molecule has 2 amide bonds. The number of halogens is 2. The summed E-state index contributed by atoms with van der Waals surface area (Å²) in [6, 6.07) is 15.1. The number of fused-ring (bicyclic) bond motifs is 1. The first-order chi connectivity index (χ1) is 12.6. The Morgan fingerprint density at radius 2 is 1.65 bits per heavy atom. The molecule has 3 aromatic rings. The summed E-state index contributed by atoms with van der Waals surface area (Å²) in [4.78, 5) is 14.4. The lowest BCUT2D eigenvalue weighted by Crippen LogP contribution is -2.44. The molecule has 0 bridgehead atoms. The molecule has 0 fully saturated rings. The minimum absolute atomic E-state index is 0.103. The van der Waals surface area contributed by atoms with Crippen LogP contribution in [-0.4, -0.2) is 22.0 Å². The Balaban J connectivity index is 1.71. The third-order valence-electron chi connectivity index (χ3n) is 4.61. The van der Waals surface area contributed by atoms with Gasteiger partial charge in [0.1, 0.15) is 17.7 Å². The van der Waals surface area contributed by atoms with Crippen molar-refractivity contribution in [3.05, 3.63) is 89.8 Å². The van der Waals surface area contributed by atoms with Crippen LogP contribution in [0.15, 0.2) is 66.9 Å². The Labute approximate surface area is 149 Å². The SMILES string of the molecule is O=C(Nc1ccccc1F)N1CCn2cccc2[C@@H]1c1ccccc1F. The lowest BCUT2D eigenvalue weighted by Gasteiger charge is -2.37. The molecule has 2 aromatic carbocycles. The van der Waals surface area contributed by atoms with Gasteiger partial charge < -0.3 is 14.8 Å². The third-order valence-corrected chi connectivity index (χ3v) is 4.61. The van der Waals surface area contributed by atoms with Crippen molar-refractivity contribution in [1.29, 1.82) is 0 Å². The van der Waals surface area contributed by atoms with Crippen molar-refractivity contribution in [2.24, 2.45) is 0 Å². The van der Waals surface area contributed by atoms with Crippen LogP contribution < -0.4 is 5.32 Å². The van der Waals surface area contributed by atoms with E-state index in [-0.39, 0.29) is 11.5 Å². The number of para-hydroxylation sites is 1. The zero-order chi connectivity index (χ0) is 18.1. The van der Waals surface area contributed by atoms with Gasteiger partial charge in [0.25, 0.3) is 0 Å². The van der Waals surface area contributed by atoms with Crippen LogP contribution in [0.25, 0.3) is 0 Å². The second-order valence-electron chi connectivity index (χ2n) is 6.15. The smallest absolute Gasteiger partial charge is 0.322 e. The number of anilines is 1. The van der Waals surface area contributed by atoms with E-state index in [1.807, 2.05) is 22.9 Å².